The van der Waals surface area contributed by atoms with Gasteiger partial charge in [-0.25, -0.2) is 0 Å². The zero-order chi connectivity index (χ0) is 15.4. The molecule has 0 aliphatic carbocycles. The SMILES string of the molecule is CN(CC(=O)Nc1sccc1C#N)C1COCC1C(=O)O. The first-order valence-electron chi connectivity index (χ1n) is 6.31. The van der Waals surface area contributed by atoms with Crippen molar-refractivity contribution in [2.75, 3.05) is 32.1 Å². The highest BCUT2D eigenvalue weighted by atomic mass is 32.1. The number of anilines is 1. The van der Waals surface area contributed by atoms with Crippen LogP contribution in [0, 0.1) is 17.2 Å². The third-order valence-corrected chi connectivity index (χ3v) is 4.20. The van der Waals surface area contributed by atoms with E-state index in [1.165, 1.54) is 11.3 Å². The summed E-state index contributed by atoms with van der Waals surface area (Å²) in [7, 11) is 1.69. The van der Waals surface area contributed by atoms with Crippen LogP contribution in [0.3, 0.4) is 0 Å². The number of thiophene rings is 1. The zero-order valence-corrected chi connectivity index (χ0v) is 12.2. The molecule has 0 aromatic carbocycles. The summed E-state index contributed by atoms with van der Waals surface area (Å²) in [6.45, 7) is 0.499. The third kappa shape index (κ3) is 3.58. The summed E-state index contributed by atoms with van der Waals surface area (Å²) in [6, 6.07) is 3.30. The van der Waals surface area contributed by atoms with Gasteiger partial charge in [-0.3, -0.25) is 14.5 Å². The summed E-state index contributed by atoms with van der Waals surface area (Å²) in [5, 5.41) is 22.9. The number of amides is 1. The number of carboxylic acids is 1. The molecule has 2 unspecified atom stereocenters. The Morgan fingerprint density at radius 1 is 1.62 bits per heavy atom. The molecule has 2 rings (SSSR count). The van der Waals surface area contributed by atoms with E-state index in [2.05, 4.69) is 5.32 Å². The van der Waals surface area contributed by atoms with E-state index in [1.54, 1.807) is 23.4 Å². The van der Waals surface area contributed by atoms with E-state index < -0.39 is 11.9 Å². The van der Waals surface area contributed by atoms with E-state index in [0.717, 1.165) is 0 Å². The molecule has 2 atom stereocenters. The minimum atomic E-state index is -0.921. The van der Waals surface area contributed by atoms with Crippen LogP contribution in [-0.2, 0) is 14.3 Å². The molecule has 1 aliphatic rings. The van der Waals surface area contributed by atoms with Crippen LogP contribution in [0.25, 0.3) is 0 Å². The minimum Gasteiger partial charge on any atom is -0.481 e. The highest BCUT2D eigenvalue weighted by molar-refractivity contribution is 7.14. The predicted octanol–water partition coefficient (Wildman–Crippen LogP) is 0.590. The van der Waals surface area contributed by atoms with Crippen molar-refractivity contribution in [2.45, 2.75) is 6.04 Å². The van der Waals surface area contributed by atoms with Gasteiger partial charge >= 0.3 is 5.97 Å². The van der Waals surface area contributed by atoms with E-state index in [1.807, 2.05) is 6.07 Å². The lowest BCUT2D eigenvalue weighted by Crippen LogP contribution is -2.44. The molecule has 1 aliphatic heterocycles. The average molecular weight is 309 g/mol. The van der Waals surface area contributed by atoms with Crippen molar-refractivity contribution in [2.24, 2.45) is 5.92 Å². The lowest BCUT2D eigenvalue weighted by Gasteiger charge is -2.25. The second-order valence-electron chi connectivity index (χ2n) is 4.79. The van der Waals surface area contributed by atoms with Crippen LogP contribution in [0.4, 0.5) is 5.00 Å². The predicted molar refractivity (Wildman–Crippen MR) is 76.0 cm³/mol. The molecule has 1 aromatic heterocycles. The molecular weight excluding hydrogens is 294 g/mol. The maximum absolute atomic E-state index is 12.0. The van der Waals surface area contributed by atoms with Gasteiger partial charge in [0.05, 0.1) is 31.2 Å². The number of carboxylic acid groups (broad SMARTS) is 1. The van der Waals surface area contributed by atoms with Gasteiger partial charge in [-0.05, 0) is 18.5 Å². The summed E-state index contributed by atoms with van der Waals surface area (Å²) >= 11 is 1.28. The first-order valence-corrected chi connectivity index (χ1v) is 7.19. The van der Waals surface area contributed by atoms with Gasteiger partial charge in [0.15, 0.2) is 0 Å². The van der Waals surface area contributed by atoms with Gasteiger partial charge < -0.3 is 15.2 Å². The molecule has 2 N–H and O–H groups in total. The molecule has 1 amide bonds. The molecule has 1 saturated heterocycles. The Bertz CT molecular complexity index is 580. The molecule has 7 nitrogen and oxygen atoms in total. The highest BCUT2D eigenvalue weighted by Crippen LogP contribution is 2.22. The van der Waals surface area contributed by atoms with Gasteiger partial charge in [0.25, 0.3) is 0 Å². The monoisotopic (exact) mass is 309 g/mol. The fraction of sp³-hybridized carbons (Fsp3) is 0.462. The number of nitrogens with zero attached hydrogens (tertiary/aromatic N) is 2. The van der Waals surface area contributed by atoms with Crippen molar-refractivity contribution in [3.63, 3.8) is 0 Å². The smallest absolute Gasteiger partial charge is 0.310 e. The van der Waals surface area contributed by atoms with Gasteiger partial charge in [0.1, 0.15) is 11.1 Å². The Labute approximate surface area is 125 Å². The standard InChI is InChI=1S/C13H15N3O4S/c1-16(10-7-20-6-9(10)13(18)19)5-11(17)15-12-8(4-14)2-3-21-12/h2-3,9-10H,5-7H2,1H3,(H,15,17)(H,18,19). The van der Waals surface area contributed by atoms with E-state index >= 15 is 0 Å². The lowest BCUT2D eigenvalue weighted by atomic mass is 10.0. The first kappa shape index (κ1) is 15.4. The Morgan fingerprint density at radius 2 is 2.38 bits per heavy atom. The third-order valence-electron chi connectivity index (χ3n) is 3.37. The molecule has 1 aromatic rings. The average Bonchev–Trinajstić information content (AvgIpc) is 3.06. The molecule has 0 radical (unpaired) electrons. The van der Waals surface area contributed by atoms with Gasteiger partial charge in [0.2, 0.25) is 5.91 Å². The van der Waals surface area contributed by atoms with Crippen molar-refractivity contribution in [1.82, 2.24) is 4.90 Å². The maximum atomic E-state index is 12.0. The van der Waals surface area contributed by atoms with E-state index in [9.17, 15) is 9.59 Å². The summed E-state index contributed by atoms with van der Waals surface area (Å²) in [4.78, 5) is 24.7. The zero-order valence-electron chi connectivity index (χ0n) is 11.4. The van der Waals surface area contributed by atoms with Gasteiger partial charge in [-0.1, -0.05) is 0 Å². The fourth-order valence-corrected chi connectivity index (χ4v) is 2.97. The summed E-state index contributed by atoms with van der Waals surface area (Å²) in [5.74, 6) is -1.83. The fourth-order valence-electron chi connectivity index (χ4n) is 2.22. The number of hydrogen-bond donors (Lipinski definition) is 2. The van der Waals surface area contributed by atoms with Crippen molar-refractivity contribution in [3.8, 4) is 6.07 Å². The van der Waals surface area contributed by atoms with Crippen molar-refractivity contribution >= 4 is 28.2 Å². The molecule has 8 heteroatoms. The van der Waals surface area contributed by atoms with Crippen LogP contribution in [0.1, 0.15) is 5.56 Å². The highest BCUT2D eigenvalue weighted by Gasteiger charge is 2.37. The summed E-state index contributed by atoms with van der Waals surface area (Å²) in [6.07, 6.45) is 0. The lowest BCUT2D eigenvalue weighted by molar-refractivity contribution is -0.143. The molecule has 0 spiro atoms. The summed E-state index contributed by atoms with van der Waals surface area (Å²) < 4.78 is 5.18. The van der Waals surface area contributed by atoms with Gasteiger partial charge in [0, 0.05) is 6.04 Å². The van der Waals surface area contributed by atoms with Crippen LogP contribution in [0.2, 0.25) is 0 Å². The molecule has 2 heterocycles. The van der Waals surface area contributed by atoms with E-state index in [4.69, 9.17) is 15.1 Å². The number of nitriles is 1. The Morgan fingerprint density at radius 3 is 3.05 bits per heavy atom. The largest absolute Gasteiger partial charge is 0.481 e. The molecule has 0 bridgehead atoms. The normalized spacial score (nSPS) is 21.2. The van der Waals surface area contributed by atoms with E-state index in [0.29, 0.717) is 17.2 Å². The van der Waals surface area contributed by atoms with Crippen molar-refractivity contribution < 1.29 is 19.4 Å². The van der Waals surface area contributed by atoms with E-state index in [-0.39, 0.29) is 25.1 Å². The maximum Gasteiger partial charge on any atom is 0.310 e. The first-order chi connectivity index (χ1) is 10.0. The Balaban J connectivity index is 1.93. The van der Waals surface area contributed by atoms with Gasteiger partial charge in [-0.15, -0.1) is 11.3 Å². The molecule has 112 valence electrons. The number of nitrogens with one attached hydrogen (secondary N) is 1. The van der Waals surface area contributed by atoms with Crippen LogP contribution in [0.5, 0.6) is 0 Å². The van der Waals surface area contributed by atoms with Crippen LogP contribution >= 0.6 is 11.3 Å². The summed E-state index contributed by atoms with van der Waals surface area (Å²) in [5.41, 5.74) is 0.420. The number of carbonyl (C=O) groups is 2. The number of hydrogen-bond acceptors (Lipinski definition) is 6. The second-order valence-corrected chi connectivity index (χ2v) is 5.70. The van der Waals surface area contributed by atoms with Crippen molar-refractivity contribution in [1.29, 1.82) is 5.26 Å². The topological polar surface area (TPSA) is 103 Å². The number of rotatable bonds is 5. The second kappa shape index (κ2) is 6.67. The Hall–Kier alpha value is -1.95. The minimum absolute atomic E-state index is 0.0422. The Kier molecular flexibility index (Phi) is 4.90. The van der Waals surface area contributed by atoms with Crippen LogP contribution in [0.15, 0.2) is 11.4 Å². The van der Waals surface area contributed by atoms with Crippen molar-refractivity contribution in [3.05, 3.63) is 17.0 Å². The van der Waals surface area contributed by atoms with Crippen LogP contribution in [-0.4, -0.2) is 54.7 Å². The molecule has 1 fully saturated rings. The van der Waals surface area contributed by atoms with Crippen LogP contribution < -0.4 is 5.32 Å². The number of aliphatic carboxylic acids is 1. The number of ether oxygens (including phenoxy) is 1. The quantitative estimate of drug-likeness (QED) is 0.825. The molecular formula is C13H15N3O4S. The van der Waals surface area contributed by atoms with Gasteiger partial charge in [-0.2, -0.15) is 5.26 Å². The molecule has 21 heavy (non-hydrogen) atoms. The number of likely N-dealkylation sites (N-methyl/N-ethyl adjacent to an activating group) is 1. The molecule has 0 saturated carbocycles. The number of carbonyl (C=O) groups excluding carboxylic acids is 1.